The quantitative estimate of drug-likeness (QED) is 0.682. The van der Waals surface area contributed by atoms with Crippen molar-refractivity contribution in [2.24, 2.45) is 5.41 Å². The van der Waals surface area contributed by atoms with E-state index < -0.39 is 12.0 Å². The number of hydrogen-bond acceptors (Lipinski definition) is 3. The van der Waals surface area contributed by atoms with Crippen molar-refractivity contribution in [1.82, 2.24) is 4.90 Å². The molecule has 1 heterocycles. The Morgan fingerprint density at radius 3 is 2.21 bits per heavy atom. The molecule has 1 aliphatic rings. The predicted octanol–water partition coefficient (Wildman–Crippen LogP) is 0.554. The minimum atomic E-state index is -0.923. The van der Waals surface area contributed by atoms with Crippen LogP contribution in [-0.2, 0) is 4.79 Å². The average Bonchev–Trinajstić information content (AvgIpc) is 2.10. The lowest BCUT2D eigenvalue weighted by Crippen LogP contribution is -2.62. The number of aliphatic hydroxyl groups excluding tert-OH is 1. The third-order valence-corrected chi connectivity index (χ3v) is 3.48. The van der Waals surface area contributed by atoms with Gasteiger partial charge in [0.1, 0.15) is 6.04 Å². The van der Waals surface area contributed by atoms with Crippen molar-refractivity contribution >= 4 is 5.97 Å². The molecular weight excluding hydrogens is 182 g/mol. The Kier molecular flexibility index (Phi) is 3.50. The highest BCUT2D eigenvalue weighted by Gasteiger charge is 2.44. The van der Waals surface area contributed by atoms with Gasteiger partial charge in [0.15, 0.2) is 0 Å². The second kappa shape index (κ2) is 4.28. The third-order valence-electron chi connectivity index (χ3n) is 3.48. The van der Waals surface area contributed by atoms with E-state index in [2.05, 4.69) is 13.8 Å². The van der Waals surface area contributed by atoms with Crippen LogP contribution in [-0.4, -0.2) is 46.8 Å². The SMILES string of the molecule is CCC1(CC)CN(C(CO)C(=O)O)C1. The van der Waals surface area contributed by atoms with Gasteiger partial charge in [-0.2, -0.15) is 0 Å². The van der Waals surface area contributed by atoms with Gasteiger partial charge in [-0.25, -0.2) is 0 Å². The third kappa shape index (κ3) is 1.91. The minimum absolute atomic E-state index is 0.293. The summed E-state index contributed by atoms with van der Waals surface area (Å²) in [6.45, 7) is 5.58. The summed E-state index contributed by atoms with van der Waals surface area (Å²) in [5, 5.41) is 17.7. The first-order valence-corrected chi connectivity index (χ1v) is 5.16. The van der Waals surface area contributed by atoms with E-state index in [0.717, 1.165) is 25.9 Å². The molecule has 1 rings (SSSR count). The number of likely N-dealkylation sites (tertiary alicyclic amines) is 1. The van der Waals surface area contributed by atoms with Crippen LogP contribution in [0.3, 0.4) is 0 Å². The Morgan fingerprint density at radius 2 is 1.93 bits per heavy atom. The summed E-state index contributed by atoms with van der Waals surface area (Å²) in [7, 11) is 0. The van der Waals surface area contributed by atoms with E-state index in [-0.39, 0.29) is 6.61 Å². The highest BCUT2D eigenvalue weighted by molar-refractivity contribution is 5.73. The zero-order valence-electron chi connectivity index (χ0n) is 8.86. The second-order valence-corrected chi connectivity index (χ2v) is 4.15. The first-order chi connectivity index (χ1) is 6.58. The molecule has 1 saturated heterocycles. The van der Waals surface area contributed by atoms with Crippen LogP contribution < -0.4 is 0 Å². The normalized spacial score (nSPS) is 22.8. The van der Waals surface area contributed by atoms with Crippen molar-refractivity contribution in [3.63, 3.8) is 0 Å². The fourth-order valence-electron chi connectivity index (χ4n) is 2.08. The van der Waals surface area contributed by atoms with Crippen LogP contribution in [0, 0.1) is 5.41 Å². The molecule has 0 aromatic heterocycles. The predicted molar refractivity (Wildman–Crippen MR) is 53.1 cm³/mol. The number of carboxylic acid groups (broad SMARTS) is 1. The fraction of sp³-hybridized carbons (Fsp3) is 0.900. The number of carboxylic acids is 1. The van der Waals surface area contributed by atoms with Gasteiger partial charge in [-0.05, 0) is 18.3 Å². The van der Waals surface area contributed by atoms with Crippen molar-refractivity contribution in [3.8, 4) is 0 Å². The minimum Gasteiger partial charge on any atom is -0.480 e. The van der Waals surface area contributed by atoms with Crippen LogP contribution in [0.15, 0.2) is 0 Å². The molecule has 0 spiro atoms. The van der Waals surface area contributed by atoms with Gasteiger partial charge in [0, 0.05) is 13.1 Å². The van der Waals surface area contributed by atoms with Crippen molar-refractivity contribution in [3.05, 3.63) is 0 Å². The maximum Gasteiger partial charge on any atom is 0.323 e. The Labute approximate surface area is 84.5 Å². The van der Waals surface area contributed by atoms with Gasteiger partial charge in [0.2, 0.25) is 0 Å². The highest BCUT2D eigenvalue weighted by Crippen LogP contribution is 2.37. The monoisotopic (exact) mass is 201 g/mol. The van der Waals surface area contributed by atoms with Crippen LogP contribution in [0.5, 0.6) is 0 Å². The molecule has 2 N–H and O–H groups in total. The molecular formula is C10H19NO3. The molecule has 1 unspecified atom stereocenters. The van der Waals surface area contributed by atoms with Gasteiger partial charge in [-0.1, -0.05) is 13.8 Å². The smallest absolute Gasteiger partial charge is 0.323 e. The Hall–Kier alpha value is -0.610. The average molecular weight is 201 g/mol. The molecule has 0 amide bonds. The number of carbonyl (C=O) groups is 1. The topological polar surface area (TPSA) is 60.8 Å². The Bertz CT molecular complexity index is 205. The van der Waals surface area contributed by atoms with Crippen LogP contribution in [0.1, 0.15) is 26.7 Å². The molecule has 4 heteroatoms. The fourth-order valence-corrected chi connectivity index (χ4v) is 2.08. The van der Waals surface area contributed by atoms with Crippen molar-refractivity contribution in [1.29, 1.82) is 0 Å². The number of nitrogens with zero attached hydrogens (tertiary/aromatic N) is 1. The van der Waals surface area contributed by atoms with Gasteiger partial charge >= 0.3 is 5.97 Å². The van der Waals surface area contributed by atoms with Gasteiger partial charge in [-0.15, -0.1) is 0 Å². The molecule has 0 radical (unpaired) electrons. The summed E-state index contributed by atoms with van der Waals surface area (Å²) in [4.78, 5) is 12.6. The summed E-state index contributed by atoms with van der Waals surface area (Å²) >= 11 is 0. The van der Waals surface area contributed by atoms with E-state index in [4.69, 9.17) is 10.2 Å². The van der Waals surface area contributed by atoms with E-state index in [1.807, 2.05) is 4.90 Å². The number of aliphatic hydroxyl groups is 1. The van der Waals surface area contributed by atoms with Crippen LogP contribution >= 0.6 is 0 Å². The zero-order valence-corrected chi connectivity index (χ0v) is 8.86. The van der Waals surface area contributed by atoms with Crippen molar-refractivity contribution < 1.29 is 15.0 Å². The van der Waals surface area contributed by atoms with Crippen LogP contribution in [0.25, 0.3) is 0 Å². The van der Waals surface area contributed by atoms with E-state index in [9.17, 15) is 4.79 Å². The van der Waals surface area contributed by atoms with Gasteiger partial charge in [-0.3, -0.25) is 9.69 Å². The molecule has 4 nitrogen and oxygen atoms in total. The lowest BCUT2D eigenvalue weighted by atomic mass is 9.74. The standard InChI is InChI=1S/C10H19NO3/c1-3-10(4-2)6-11(7-10)8(5-12)9(13)14/h8,12H,3-7H2,1-2H3,(H,13,14). The summed E-state index contributed by atoms with van der Waals surface area (Å²) in [6.07, 6.45) is 2.16. The van der Waals surface area contributed by atoms with Gasteiger partial charge in [0.05, 0.1) is 6.61 Å². The van der Waals surface area contributed by atoms with Gasteiger partial charge < -0.3 is 10.2 Å². The summed E-state index contributed by atoms with van der Waals surface area (Å²) in [6, 6.07) is -0.707. The molecule has 1 aliphatic heterocycles. The summed E-state index contributed by atoms with van der Waals surface area (Å²) in [5.74, 6) is -0.923. The lowest BCUT2D eigenvalue weighted by Gasteiger charge is -2.51. The largest absolute Gasteiger partial charge is 0.480 e. The molecule has 0 bridgehead atoms. The van der Waals surface area contributed by atoms with E-state index in [0.29, 0.717) is 5.41 Å². The summed E-state index contributed by atoms with van der Waals surface area (Å²) in [5.41, 5.74) is 0.295. The molecule has 1 atom stereocenters. The molecule has 1 fully saturated rings. The Morgan fingerprint density at radius 1 is 1.43 bits per heavy atom. The van der Waals surface area contributed by atoms with Crippen LogP contribution in [0.4, 0.5) is 0 Å². The summed E-state index contributed by atoms with van der Waals surface area (Å²) < 4.78 is 0. The van der Waals surface area contributed by atoms with E-state index in [1.165, 1.54) is 0 Å². The maximum absolute atomic E-state index is 10.8. The second-order valence-electron chi connectivity index (χ2n) is 4.15. The van der Waals surface area contributed by atoms with E-state index >= 15 is 0 Å². The molecule has 82 valence electrons. The molecule has 14 heavy (non-hydrogen) atoms. The number of aliphatic carboxylic acids is 1. The highest BCUT2D eigenvalue weighted by atomic mass is 16.4. The first kappa shape index (κ1) is 11.5. The molecule has 0 aliphatic carbocycles. The van der Waals surface area contributed by atoms with Crippen LogP contribution in [0.2, 0.25) is 0 Å². The maximum atomic E-state index is 10.8. The molecule has 0 saturated carbocycles. The van der Waals surface area contributed by atoms with Gasteiger partial charge in [0.25, 0.3) is 0 Å². The van der Waals surface area contributed by atoms with E-state index in [1.54, 1.807) is 0 Å². The zero-order chi connectivity index (χ0) is 10.8. The first-order valence-electron chi connectivity index (χ1n) is 5.16. The number of hydrogen-bond donors (Lipinski definition) is 2. The lowest BCUT2D eigenvalue weighted by molar-refractivity contribution is -0.152. The molecule has 0 aromatic rings. The Balaban J connectivity index is 2.49. The van der Waals surface area contributed by atoms with Crippen molar-refractivity contribution in [2.75, 3.05) is 19.7 Å². The number of rotatable bonds is 5. The van der Waals surface area contributed by atoms with Crippen molar-refractivity contribution in [2.45, 2.75) is 32.7 Å². The molecule has 0 aromatic carbocycles.